The zero-order chi connectivity index (χ0) is 14.0. The van der Waals surface area contributed by atoms with Crippen molar-refractivity contribution in [1.29, 1.82) is 0 Å². The predicted molar refractivity (Wildman–Crippen MR) is 80.7 cm³/mol. The van der Waals surface area contributed by atoms with Gasteiger partial charge in [0.1, 0.15) is 11.4 Å². The third kappa shape index (κ3) is 3.24. The van der Waals surface area contributed by atoms with Gasteiger partial charge in [-0.1, -0.05) is 15.9 Å². The van der Waals surface area contributed by atoms with Gasteiger partial charge >= 0.3 is 5.97 Å². The standard InChI is InChI=1S/C12H9Br2N3O2/c13-6-1-2-10(9(14)3-6)17-11-8(12(18)19)4-7(15)5-16-11/h1-5H,15H2,(H,16,17)(H,18,19). The summed E-state index contributed by atoms with van der Waals surface area (Å²) in [5.74, 6) is -0.847. The highest BCUT2D eigenvalue weighted by molar-refractivity contribution is 9.11. The zero-order valence-corrected chi connectivity index (χ0v) is 12.7. The predicted octanol–water partition coefficient (Wildman–Crippen LogP) is 3.63. The van der Waals surface area contributed by atoms with Crippen molar-refractivity contribution in [2.75, 3.05) is 11.1 Å². The number of nitrogens with zero attached hydrogens (tertiary/aromatic N) is 1. The van der Waals surface area contributed by atoms with Crippen LogP contribution < -0.4 is 11.1 Å². The fourth-order valence-electron chi connectivity index (χ4n) is 1.46. The molecule has 2 aromatic rings. The Morgan fingerprint density at radius 1 is 1.32 bits per heavy atom. The van der Waals surface area contributed by atoms with Crippen molar-refractivity contribution in [3.63, 3.8) is 0 Å². The molecule has 5 nitrogen and oxygen atoms in total. The molecule has 0 spiro atoms. The van der Waals surface area contributed by atoms with E-state index in [1.54, 1.807) is 6.07 Å². The zero-order valence-electron chi connectivity index (χ0n) is 9.52. The van der Waals surface area contributed by atoms with Crippen LogP contribution in [0.1, 0.15) is 10.4 Å². The Hall–Kier alpha value is -1.60. The summed E-state index contributed by atoms with van der Waals surface area (Å²) in [5, 5.41) is 12.1. The lowest BCUT2D eigenvalue weighted by molar-refractivity contribution is 0.0697. The van der Waals surface area contributed by atoms with Gasteiger partial charge in [0.05, 0.1) is 17.6 Å². The van der Waals surface area contributed by atoms with Gasteiger partial charge in [-0.15, -0.1) is 0 Å². The van der Waals surface area contributed by atoms with Crippen LogP contribution in [-0.4, -0.2) is 16.1 Å². The first-order valence-electron chi connectivity index (χ1n) is 5.18. The number of carboxylic acid groups (broad SMARTS) is 1. The van der Waals surface area contributed by atoms with Gasteiger partial charge in [0.15, 0.2) is 0 Å². The van der Waals surface area contributed by atoms with E-state index in [-0.39, 0.29) is 11.4 Å². The average Bonchev–Trinajstić information content (AvgIpc) is 2.34. The molecule has 0 aliphatic rings. The third-order valence-corrected chi connectivity index (χ3v) is 3.47. The highest BCUT2D eigenvalue weighted by atomic mass is 79.9. The lowest BCUT2D eigenvalue weighted by Crippen LogP contribution is -2.06. The van der Waals surface area contributed by atoms with Gasteiger partial charge in [-0.2, -0.15) is 0 Å². The Morgan fingerprint density at radius 3 is 2.68 bits per heavy atom. The summed E-state index contributed by atoms with van der Waals surface area (Å²) < 4.78 is 1.70. The van der Waals surface area contributed by atoms with E-state index in [0.717, 1.165) is 8.95 Å². The van der Waals surface area contributed by atoms with Crippen LogP contribution in [0.25, 0.3) is 0 Å². The topological polar surface area (TPSA) is 88.2 Å². The SMILES string of the molecule is Nc1cnc(Nc2ccc(Br)cc2Br)c(C(=O)O)c1. The molecule has 7 heteroatoms. The Balaban J connectivity index is 2.40. The molecule has 0 unspecified atom stereocenters. The molecule has 1 aromatic heterocycles. The number of halogens is 2. The van der Waals surface area contributed by atoms with Gasteiger partial charge < -0.3 is 16.2 Å². The van der Waals surface area contributed by atoms with E-state index in [4.69, 9.17) is 10.8 Å². The summed E-state index contributed by atoms with van der Waals surface area (Å²) in [7, 11) is 0. The molecule has 1 heterocycles. The molecular weight excluding hydrogens is 378 g/mol. The number of hydrogen-bond acceptors (Lipinski definition) is 4. The molecule has 2 rings (SSSR count). The van der Waals surface area contributed by atoms with Crippen LogP contribution in [0.2, 0.25) is 0 Å². The van der Waals surface area contributed by atoms with E-state index < -0.39 is 5.97 Å². The Labute approximate surface area is 126 Å². The molecule has 4 N–H and O–H groups in total. The number of anilines is 3. The Morgan fingerprint density at radius 2 is 2.05 bits per heavy atom. The monoisotopic (exact) mass is 385 g/mol. The number of carbonyl (C=O) groups is 1. The largest absolute Gasteiger partial charge is 0.478 e. The number of rotatable bonds is 3. The second-order valence-corrected chi connectivity index (χ2v) is 5.49. The summed E-state index contributed by atoms with van der Waals surface area (Å²) in [6, 6.07) is 6.85. The average molecular weight is 387 g/mol. The maximum atomic E-state index is 11.1. The van der Waals surface area contributed by atoms with Gasteiger partial charge in [-0.3, -0.25) is 0 Å². The molecule has 98 valence electrons. The number of nitrogen functional groups attached to an aromatic ring is 1. The van der Waals surface area contributed by atoms with Crippen molar-refractivity contribution in [1.82, 2.24) is 4.98 Å². The van der Waals surface area contributed by atoms with Crippen molar-refractivity contribution < 1.29 is 9.90 Å². The van der Waals surface area contributed by atoms with Crippen LogP contribution in [0.4, 0.5) is 17.2 Å². The van der Waals surface area contributed by atoms with Gasteiger partial charge in [-0.05, 0) is 40.2 Å². The maximum Gasteiger partial charge on any atom is 0.339 e. The van der Waals surface area contributed by atoms with Gasteiger partial charge in [0.25, 0.3) is 0 Å². The first-order valence-corrected chi connectivity index (χ1v) is 6.77. The fourth-order valence-corrected chi connectivity index (χ4v) is 2.61. The van der Waals surface area contributed by atoms with E-state index in [0.29, 0.717) is 11.4 Å². The molecule has 0 aliphatic carbocycles. The number of hydrogen-bond donors (Lipinski definition) is 3. The minimum absolute atomic E-state index is 0.0230. The lowest BCUT2D eigenvalue weighted by Gasteiger charge is -2.11. The van der Waals surface area contributed by atoms with Crippen molar-refractivity contribution in [2.45, 2.75) is 0 Å². The molecule has 0 saturated carbocycles. The van der Waals surface area contributed by atoms with E-state index >= 15 is 0 Å². The van der Waals surface area contributed by atoms with E-state index in [1.807, 2.05) is 12.1 Å². The number of aromatic carboxylic acids is 1. The highest BCUT2D eigenvalue weighted by Crippen LogP contribution is 2.29. The fraction of sp³-hybridized carbons (Fsp3) is 0. The summed E-state index contributed by atoms with van der Waals surface area (Å²) in [5.41, 5.74) is 6.58. The lowest BCUT2D eigenvalue weighted by atomic mass is 10.2. The first-order chi connectivity index (χ1) is 8.97. The van der Waals surface area contributed by atoms with Crippen LogP contribution in [0.15, 0.2) is 39.4 Å². The summed E-state index contributed by atoms with van der Waals surface area (Å²) in [6.45, 7) is 0. The van der Waals surface area contributed by atoms with Crippen molar-refractivity contribution >= 4 is 55.0 Å². The molecule has 0 saturated heterocycles. The molecule has 0 radical (unpaired) electrons. The molecule has 0 amide bonds. The van der Waals surface area contributed by atoms with Crippen LogP contribution >= 0.6 is 31.9 Å². The number of nitrogens with two attached hydrogens (primary N) is 1. The van der Waals surface area contributed by atoms with Gasteiger partial charge in [0.2, 0.25) is 0 Å². The number of carboxylic acids is 1. The Kier molecular flexibility index (Phi) is 4.06. The number of nitrogens with one attached hydrogen (secondary N) is 1. The smallest absolute Gasteiger partial charge is 0.339 e. The summed E-state index contributed by atoms with van der Waals surface area (Å²) in [4.78, 5) is 15.2. The van der Waals surface area contributed by atoms with E-state index in [2.05, 4.69) is 42.2 Å². The molecule has 0 atom stereocenters. The molecule has 0 aliphatic heterocycles. The van der Waals surface area contributed by atoms with Crippen LogP contribution in [0.5, 0.6) is 0 Å². The minimum Gasteiger partial charge on any atom is -0.478 e. The van der Waals surface area contributed by atoms with Gasteiger partial charge in [0, 0.05) is 8.95 Å². The van der Waals surface area contributed by atoms with Crippen molar-refractivity contribution in [3.05, 3.63) is 45.0 Å². The molecule has 0 bridgehead atoms. The van der Waals surface area contributed by atoms with E-state index in [1.165, 1.54) is 12.3 Å². The maximum absolute atomic E-state index is 11.1. The number of pyridine rings is 1. The summed E-state index contributed by atoms with van der Waals surface area (Å²) in [6.07, 6.45) is 1.40. The molecule has 0 fully saturated rings. The van der Waals surface area contributed by atoms with Crippen molar-refractivity contribution in [3.8, 4) is 0 Å². The van der Waals surface area contributed by atoms with Crippen LogP contribution in [0.3, 0.4) is 0 Å². The minimum atomic E-state index is -1.09. The second-order valence-electron chi connectivity index (χ2n) is 3.72. The van der Waals surface area contributed by atoms with E-state index in [9.17, 15) is 4.79 Å². The molecule has 1 aromatic carbocycles. The van der Waals surface area contributed by atoms with Crippen molar-refractivity contribution in [2.24, 2.45) is 0 Å². The quantitative estimate of drug-likeness (QED) is 0.749. The first kappa shape index (κ1) is 13.8. The van der Waals surface area contributed by atoms with Crippen LogP contribution in [-0.2, 0) is 0 Å². The summed E-state index contributed by atoms with van der Waals surface area (Å²) >= 11 is 6.73. The number of aromatic nitrogens is 1. The third-order valence-electron chi connectivity index (χ3n) is 2.32. The normalized spacial score (nSPS) is 10.2. The van der Waals surface area contributed by atoms with Crippen LogP contribution in [0, 0.1) is 0 Å². The second kappa shape index (κ2) is 5.58. The highest BCUT2D eigenvalue weighted by Gasteiger charge is 2.13. The Bertz CT molecular complexity index is 647. The molecular formula is C12H9Br2N3O2. The van der Waals surface area contributed by atoms with Gasteiger partial charge in [-0.25, -0.2) is 9.78 Å². The number of benzene rings is 1. The molecule has 19 heavy (non-hydrogen) atoms.